The number of para-hydroxylation sites is 1. The summed E-state index contributed by atoms with van der Waals surface area (Å²) in [5.74, 6) is 0. The first-order valence-electron chi connectivity index (χ1n) is 6.11. The molecule has 0 radical (unpaired) electrons. The second-order valence-electron chi connectivity index (χ2n) is 5.08. The van der Waals surface area contributed by atoms with Gasteiger partial charge in [-0.05, 0) is 43.7 Å². The number of aromatic nitrogens is 1. The molecule has 3 N–H and O–H groups in total. The van der Waals surface area contributed by atoms with E-state index in [2.05, 4.69) is 35.4 Å². The van der Waals surface area contributed by atoms with Gasteiger partial charge >= 0.3 is 0 Å². The van der Waals surface area contributed by atoms with Crippen LogP contribution in [-0.2, 0) is 6.42 Å². The van der Waals surface area contributed by atoms with Gasteiger partial charge in [-0.2, -0.15) is 0 Å². The Hall–Kier alpha value is -1.28. The Morgan fingerprint density at radius 3 is 2.88 bits per heavy atom. The van der Waals surface area contributed by atoms with Gasteiger partial charge in [-0.3, -0.25) is 0 Å². The van der Waals surface area contributed by atoms with Crippen LogP contribution in [0.1, 0.15) is 31.2 Å². The molecule has 0 amide bonds. The quantitative estimate of drug-likeness (QED) is 0.807. The maximum atomic E-state index is 6.09. The third-order valence-electron chi connectivity index (χ3n) is 3.69. The zero-order chi connectivity index (χ0) is 11.0. The highest BCUT2D eigenvalue weighted by Crippen LogP contribution is 2.37. The summed E-state index contributed by atoms with van der Waals surface area (Å²) in [4.78, 5) is 3.32. The monoisotopic (exact) mass is 214 g/mol. The first-order valence-corrected chi connectivity index (χ1v) is 6.11. The maximum Gasteiger partial charge on any atom is 0.0456 e. The molecule has 0 spiro atoms. The molecule has 3 rings (SSSR count). The Morgan fingerprint density at radius 1 is 1.25 bits per heavy atom. The van der Waals surface area contributed by atoms with Crippen LogP contribution in [0.3, 0.4) is 0 Å². The SMILES string of the molecule is NC1(CCCc2c[nH]c3ccccc23)CC1. The van der Waals surface area contributed by atoms with Crippen LogP contribution >= 0.6 is 0 Å². The molecule has 1 aromatic carbocycles. The predicted molar refractivity (Wildman–Crippen MR) is 67.4 cm³/mol. The molecule has 1 aromatic heterocycles. The van der Waals surface area contributed by atoms with Gasteiger partial charge in [-0.1, -0.05) is 18.2 Å². The summed E-state index contributed by atoms with van der Waals surface area (Å²) >= 11 is 0. The molecule has 0 atom stereocenters. The second-order valence-corrected chi connectivity index (χ2v) is 5.08. The Morgan fingerprint density at radius 2 is 2.06 bits per heavy atom. The van der Waals surface area contributed by atoms with Crippen molar-refractivity contribution in [1.29, 1.82) is 0 Å². The van der Waals surface area contributed by atoms with Crippen molar-refractivity contribution in [3.63, 3.8) is 0 Å². The van der Waals surface area contributed by atoms with Gasteiger partial charge in [0.15, 0.2) is 0 Å². The Kier molecular flexibility index (Phi) is 2.25. The minimum absolute atomic E-state index is 0.201. The van der Waals surface area contributed by atoms with Crippen molar-refractivity contribution in [2.75, 3.05) is 0 Å². The molecular formula is C14H18N2. The molecule has 2 nitrogen and oxygen atoms in total. The van der Waals surface area contributed by atoms with Crippen molar-refractivity contribution in [3.8, 4) is 0 Å². The number of aromatic amines is 1. The fourth-order valence-corrected chi connectivity index (χ4v) is 2.38. The molecule has 1 saturated carbocycles. The standard InChI is InChI=1S/C14H18N2/c15-14(8-9-14)7-3-4-11-10-16-13-6-2-1-5-12(11)13/h1-2,5-6,10,16H,3-4,7-9,15H2. The van der Waals surface area contributed by atoms with Crippen LogP contribution < -0.4 is 5.73 Å². The third kappa shape index (κ3) is 1.85. The number of hydrogen-bond acceptors (Lipinski definition) is 1. The molecule has 2 heteroatoms. The highest BCUT2D eigenvalue weighted by atomic mass is 14.8. The normalized spacial score (nSPS) is 17.8. The third-order valence-corrected chi connectivity index (χ3v) is 3.69. The van der Waals surface area contributed by atoms with Crippen molar-refractivity contribution in [3.05, 3.63) is 36.0 Å². The highest BCUT2D eigenvalue weighted by Gasteiger charge is 2.36. The fraction of sp³-hybridized carbons (Fsp3) is 0.429. The Bertz CT molecular complexity index is 494. The van der Waals surface area contributed by atoms with E-state index in [0.717, 1.165) is 6.42 Å². The number of benzene rings is 1. The second kappa shape index (κ2) is 3.63. The van der Waals surface area contributed by atoms with Crippen LogP contribution in [-0.4, -0.2) is 10.5 Å². The molecule has 1 aliphatic rings. The number of aryl methyl sites for hydroxylation is 1. The van der Waals surface area contributed by atoms with E-state index in [4.69, 9.17) is 5.73 Å². The molecule has 84 valence electrons. The van der Waals surface area contributed by atoms with E-state index in [9.17, 15) is 0 Å². The van der Waals surface area contributed by atoms with Crippen molar-refractivity contribution < 1.29 is 0 Å². The van der Waals surface area contributed by atoms with Gasteiger partial charge in [0.25, 0.3) is 0 Å². The average molecular weight is 214 g/mol. The zero-order valence-electron chi connectivity index (χ0n) is 9.50. The van der Waals surface area contributed by atoms with Crippen molar-refractivity contribution >= 4 is 10.9 Å². The van der Waals surface area contributed by atoms with Gasteiger partial charge in [-0.25, -0.2) is 0 Å². The summed E-state index contributed by atoms with van der Waals surface area (Å²) in [6.07, 6.45) is 8.11. The maximum absolute atomic E-state index is 6.09. The summed E-state index contributed by atoms with van der Waals surface area (Å²) in [5.41, 5.74) is 8.96. The van der Waals surface area contributed by atoms with E-state index in [1.807, 2.05) is 0 Å². The van der Waals surface area contributed by atoms with Crippen LogP contribution in [0.5, 0.6) is 0 Å². The molecule has 16 heavy (non-hydrogen) atoms. The van der Waals surface area contributed by atoms with Crippen molar-refractivity contribution in [1.82, 2.24) is 4.98 Å². The lowest BCUT2D eigenvalue weighted by Crippen LogP contribution is -2.21. The number of nitrogens with two attached hydrogens (primary N) is 1. The van der Waals surface area contributed by atoms with Gasteiger partial charge in [-0.15, -0.1) is 0 Å². The molecule has 1 heterocycles. The van der Waals surface area contributed by atoms with E-state index in [-0.39, 0.29) is 5.54 Å². The Balaban J connectivity index is 1.69. The van der Waals surface area contributed by atoms with Gasteiger partial charge in [0.2, 0.25) is 0 Å². The number of H-pyrrole nitrogens is 1. The van der Waals surface area contributed by atoms with Gasteiger partial charge < -0.3 is 10.7 Å². The number of rotatable bonds is 4. The molecule has 1 fully saturated rings. The summed E-state index contributed by atoms with van der Waals surface area (Å²) in [7, 11) is 0. The highest BCUT2D eigenvalue weighted by molar-refractivity contribution is 5.82. The molecule has 2 aromatic rings. The molecule has 0 aliphatic heterocycles. The molecule has 0 bridgehead atoms. The zero-order valence-corrected chi connectivity index (χ0v) is 9.50. The Labute approximate surface area is 95.8 Å². The first-order chi connectivity index (χ1) is 7.77. The van der Waals surface area contributed by atoms with Crippen LogP contribution in [0.15, 0.2) is 30.5 Å². The van der Waals surface area contributed by atoms with Crippen LogP contribution in [0, 0.1) is 0 Å². The van der Waals surface area contributed by atoms with Gasteiger partial charge in [0, 0.05) is 22.6 Å². The lowest BCUT2D eigenvalue weighted by molar-refractivity contribution is 0.576. The van der Waals surface area contributed by atoms with E-state index in [0.29, 0.717) is 0 Å². The van der Waals surface area contributed by atoms with Crippen molar-refractivity contribution in [2.45, 2.75) is 37.6 Å². The number of hydrogen-bond donors (Lipinski definition) is 2. The minimum Gasteiger partial charge on any atom is -0.361 e. The number of fused-ring (bicyclic) bond motifs is 1. The van der Waals surface area contributed by atoms with Gasteiger partial charge in [0.05, 0.1) is 0 Å². The molecule has 0 unspecified atom stereocenters. The fourth-order valence-electron chi connectivity index (χ4n) is 2.38. The molecule has 1 aliphatic carbocycles. The molecule has 0 saturated heterocycles. The molecular weight excluding hydrogens is 196 g/mol. The largest absolute Gasteiger partial charge is 0.361 e. The van der Waals surface area contributed by atoms with E-state index < -0.39 is 0 Å². The van der Waals surface area contributed by atoms with Crippen LogP contribution in [0.25, 0.3) is 10.9 Å². The predicted octanol–water partition coefficient (Wildman–Crippen LogP) is 2.98. The lowest BCUT2D eigenvalue weighted by atomic mass is 10.0. The summed E-state index contributed by atoms with van der Waals surface area (Å²) in [5, 5.41) is 1.37. The summed E-state index contributed by atoms with van der Waals surface area (Å²) in [6.45, 7) is 0. The van der Waals surface area contributed by atoms with Crippen LogP contribution in [0.4, 0.5) is 0 Å². The number of nitrogens with one attached hydrogen (secondary N) is 1. The van der Waals surface area contributed by atoms with Gasteiger partial charge in [0.1, 0.15) is 0 Å². The van der Waals surface area contributed by atoms with Crippen molar-refractivity contribution in [2.24, 2.45) is 5.73 Å². The smallest absolute Gasteiger partial charge is 0.0456 e. The van der Waals surface area contributed by atoms with E-state index in [1.165, 1.54) is 42.1 Å². The average Bonchev–Trinajstić information content (AvgIpc) is 2.89. The minimum atomic E-state index is 0.201. The van der Waals surface area contributed by atoms with E-state index in [1.54, 1.807) is 0 Å². The lowest BCUT2D eigenvalue weighted by Gasteiger charge is -2.06. The van der Waals surface area contributed by atoms with E-state index >= 15 is 0 Å². The topological polar surface area (TPSA) is 41.8 Å². The van der Waals surface area contributed by atoms with Crippen LogP contribution in [0.2, 0.25) is 0 Å². The summed E-state index contributed by atoms with van der Waals surface area (Å²) < 4.78 is 0. The summed E-state index contributed by atoms with van der Waals surface area (Å²) in [6, 6.07) is 8.49. The first kappa shape index (κ1) is 9.91.